The maximum absolute atomic E-state index is 10.6. The van der Waals surface area contributed by atoms with E-state index in [1.165, 1.54) is 16.7 Å². The van der Waals surface area contributed by atoms with Crippen molar-refractivity contribution in [1.82, 2.24) is 0 Å². The third kappa shape index (κ3) is 4.63. The number of hydrogen-bond acceptors (Lipinski definition) is 2. The summed E-state index contributed by atoms with van der Waals surface area (Å²) in [7, 11) is 0. The van der Waals surface area contributed by atoms with Crippen LogP contribution in [0.15, 0.2) is 42.5 Å². The molecule has 1 N–H and O–H groups in total. The molecule has 0 bridgehead atoms. The zero-order valence-electron chi connectivity index (χ0n) is 12.4. The van der Waals surface area contributed by atoms with Gasteiger partial charge in [0.2, 0.25) is 0 Å². The molecule has 2 aromatic carbocycles. The fourth-order valence-corrected chi connectivity index (χ4v) is 2.16. The van der Waals surface area contributed by atoms with Gasteiger partial charge in [0.25, 0.3) is 0 Å². The van der Waals surface area contributed by atoms with Crippen molar-refractivity contribution < 1.29 is 14.6 Å². The van der Waals surface area contributed by atoms with E-state index < -0.39 is 5.97 Å². The molecule has 110 valence electrons. The normalized spacial score (nSPS) is 10.4. The molecule has 0 unspecified atom stereocenters. The van der Waals surface area contributed by atoms with Gasteiger partial charge in [-0.3, -0.25) is 4.79 Å². The molecule has 0 atom stereocenters. The molecule has 0 aromatic heterocycles. The lowest BCUT2D eigenvalue weighted by atomic mass is 10.1. The Kier molecular flexibility index (Phi) is 4.99. The van der Waals surface area contributed by atoms with E-state index in [9.17, 15) is 4.79 Å². The molecule has 0 amide bonds. The number of rotatable bonds is 6. The first kappa shape index (κ1) is 15.1. The number of carboxylic acids is 1. The van der Waals surface area contributed by atoms with Gasteiger partial charge < -0.3 is 9.84 Å². The Balaban J connectivity index is 2.01. The predicted molar refractivity (Wildman–Crippen MR) is 82.6 cm³/mol. The van der Waals surface area contributed by atoms with E-state index in [2.05, 4.69) is 32.0 Å². The van der Waals surface area contributed by atoms with Crippen LogP contribution in [0.1, 0.15) is 28.7 Å². The highest BCUT2D eigenvalue weighted by atomic mass is 16.5. The molecule has 0 radical (unpaired) electrons. The van der Waals surface area contributed by atoms with E-state index in [4.69, 9.17) is 9.84 Å². The number of benzene rings is 2. The summed E-state index contributed by atoms with van der Waals surface area (Å²) in [5, 5.41) is 8.72. The Labute approximate surface area is 125 Å². The van der Waals surface area contributed by atoms with E-state index in [1.54, 1.807) is 0 Å². The maximum Gasteiger partial charge on any atom is 0.303 e. The van der Waals surface area contributed by atoms with Crippen molar-refractivity contribution in [1.29, 1.82) is 0 Å². The number of carbonyl (C=O) groups is 1. The Morgan fingerprint density at radius 3 is 2.71 bits per heavy atom. The lowest BCUT2D eigenvalue weighted by molar-refractivity contribution is -0.136. The number of ether oxygens (including phenoxy) is 1. The summed E-state index contributed by atoms with van der Waals surface area (Å²) >= 11 is 0. The monoisotopic (exact) mass is 284 g/mol. The third-order valence-electron chi connectivity index (χ3n) is 3.42. The van der Waals surface area contributed by atoms with Crippen LogP contribution in [0.25, 0.3) is 0 Å². The SMILES string of the molecule is Cc1ccc(C)c(COc2cccc(CCC(=O)O)c2)c1. The van der Waals surface area contributed by atoms with Crippen LogP contribution >= 0.6 is 0 Å². The molecule has 0 heterocycles. The average molecular weight is 284 g/mol. The number of carboxylic acid groups (broad SMARTS) is 1. The van der Waals surface area contributed by atoms with Crippen LogP contribution in [0.2, 0.25) is 0 Å². The van der Waals surface area contributed by atoms with Gasteiger partial charge in [0, 0.05) is 6.42 Å². The summed E-state index contributed by atoms with van der Waals surface area (Å²) in [6.07, 6.45) is 0.663. The highest BCUT2D eigenvalue weighted by Crippen LogP contribution is 2.18. The minimum Gasteiger partial charge on any atom is -0.489 e. The second-order valence-corrected chi connectivity index (χ2v) is 5.26. The van der Waals surface area contributed by atoms with Gasteiger partial charge in [-0.2, -0.15) is 0 Å². The summed E-state index contributed by atoms with van der Waals surface area (Å²) in [5.74, 6) is -0.00416. The van der Waals surface area contributed by atoms with Gasteiger partial charge in [0.15, 0.2) is 0 Å². The minimum absolute atomic E-state index is 0.139. The summed E-state index contributed by atoms with van der Waals surface area (Å²) in [6.45, 7) is 4.66. The van der Waals surface area contributed by atoms with Gasteiger partial charge in [-0.25, -0.2) is 0 Å². The van der Waals surface area contributed by atoms with E-state index in [0.717, 1.165) is 11.3 Å². The van der Waals surface area contributed by atoms with Crippen LogP contribution in [0.4, 0.5) is 0 Å². The highest BCUT2D eigenvalue weighted by Gasteiger charge is 2.03. The summed E-state index contributed by atoms with van der Waals surface area (Å²) in [6, 6.07) is 13.9. The molecular weight excluding hydrogens is 264 g/mol. The zero-order chi connectivity index (χ0) is 15.2. The zero-order valence-corrected chi connectivity index (χ0v) is 12.4. The lowest BCUT2D eigenvalue weighted by Crippen LogP contribution is -2.00. The van der Waals surface area contributed by atoms with Crippen LogP contribution in [-0.4, -0.2) is 11.1 Å². The van der Waals surface area contributed by atoms with Crippen LogP contribution in [0, 0.1) is 13.8 Å². The molecule has 0 aliphatic carbocycles. The molecule has 0 saturated carbocycles. The van der Waals surface area contributed by atoms with Crippen molar-refractivity contribution in [3.63, 3.8) is 0 Å². The standard InChI is InChI=1S/C18H20O3/c1-13-6-7-14(2)16(10-13)12-21-17-5-3-4-15(11-17)8-9-18(19)20/h3-7,10-11H,8-9,12H2,1-2H3,(H,19,20). The van der Waals surface area contributed by atoms with Crippen molar-refractivity contribution in [3.8, 4) is 5.75 Å². The van der Waals surface area contributed by atoms with Crippen molar-refractivity contribution >= 4 is 5.97 Å². The molecule has 21 heavy (non-hydrogen) atoms. The summed E-state index contributed by atoms with van der Waals surface area (Å²) in [4.78, 5) is 10.6. The van der Waals surface area contributed by atoms with Gasteiger partial charge in [-0.1, -0.05) is 35.9 Å². The Hall–Kier alpha value is -2.29. The van der Waals surface area contributed by atoms with Gasteiger partial charge in [0.05, 0.1) is 0 Å². The van der Waals surface area contributed by atoms with Crippen LogP contribution in [0.3, 0.4) is 0 Å². The summed E-state index contributed by atoms with van der Waals surface area (Å²) < 4.78 is 5.83. The fourth-order valence-electron chi connectivity index (χ4n) is 2.16. The molecule has 3 nitrogen and oxygen atoms in total. The first-order valence-electron chi connectivity index (χ1n) is 7.04. The fraction of sp³-hybridized carbons (Fsp3) is 0.278. The second kappa shape index (κ2) is 6.93. The van der Waals surface area contributed by atoms with Gasteiger partial charge in [0.1, 0.15) is 12.4 Å². The van der Waals surface area contributed by atoms with Gasteiger partial charge >= 0.3 is 5.97 Å². The molecule has 3 heteroatoms. The molecule has 0 aliphatic rings. The average Bonchev–Trinajstić information content (AvgIpc) is 2.46. The van der Waals surface area contributed by atoms with E-state index in [1.807, 2.05) is 24.3 Å². The maximum atomic E-state index is 10.6. The van der Waals surface area contributed by atoms with Crippen LogP contribution in [-0.2, 0) is 17.8 Å². The quantitative estimate of drug-likeness (QED) is 0.875. The molecular formula is C18H20O3. The van der Waals surface area contributed by atoms with Crippen molar-refractivity contribution in [2.24, 2.45) is 0 Å². The van der Waals surface area contributed by atoms with Gasteiger partial charge in [-0.05, 0) is 49.1 Å². The highest BCUT2D eigenvalue weighted by molar-refractivity contribution is 5.67. The molecule has 0 spiro atoms. The lowest BCUT2D eigenvalue weighted by Gasteiger charge is -2.10. The topological polar surface area (TPSA) is 46.5 Å². The molecule has 2 aromatic rings. The summed E-state index contributed by atoms with van der Waals surface area (Å²) in [5.41, 5.74) is 4.58. The minimum atomic E-state index is -0.781. The second-order valence-electron chi connectivity index (χ2n) is 5.26. The Morgan fingerprint density at radius 2 is 1.95 bits per heavy atom. The van der Waals surface area contributed by atoms with Crippen molar-refractivity contribution in [2.45, 2.75) is 33.3 Å². The van der Waals surface area contributed by atoms with E-state index in [0.29, 0.717) is 13.0 Å². The molecule has 2 rings (SSSR count). The Bertz CT molecular complexity index is 632. The molecule has 0 fully saturated rings. The van der Waals surface area contributed by atoms with Crippen LogP contribution in [0.5, 0.6) is 5.75 Å². The van der Waals surface area contributed by atoms with Crippen LogP contribution < -0.4 is 4.74 Å². The number of aliphatic carboxylic acids is 1. The first-order valence-corrected chi connectivity index (χ1v) is 7.04. The Morgan fingerprint density at radius 1 is 1.14 bits per heavy atom. The smallest absolute Gasteiger partial charge is 0.303 e. The van der Waals surface area contributed by atoms with Crippen molar-refractivity contribution in [3.05, 3.63) is 64.7 Å². The number of aryl methyl sites for hydroxylation is 3. The van der Waals surface area contributed by atoms with E-state index >= 15 is 0 Å². The first-order chi connectivity index (χ1) is 10.0. The number of hydrogen-bond donors (Lipinski definition) is 1. The largest absolute Gasteiger partial charge is 0.489 e. The molecule has 0 saturated heterocycles. The third-order valence-corrected chi connectivity index (χ3v) is 3.42. The molecule has 0 aliphatic heterocycles. The van der Waals surface area contributed by atoms with Gasteiger partial charge in [-0.15, -0.1) is 0 Å². The van der Waals surface area contributed by atoms with Crippen molar-refractivity contribution in [2.75, 3.05) is 0 Å². The predicted octanol–water partition coefficient (Wildman–Crippen LogP) is 3.90. The van der Waals surface area contributed by atoms with E-state index in [-0.39, 0.29) is 6.42 Å².